The van der Waals surface area contributed by atoms with Gasteiger partial charge in [0.25, 0.3) is 0 Å². The Kier molecular flexibility index (Phi) is 5.96. The summed E-state index contributed by atoms with van der Waals surface area (Å²) in [5.74, 6) is 2.19. The molecule has 0 bridgehead atoms. The summed E-state index contributed by atoms with van der Waals surface area (Å²) < 4.78 is 11.6. The van der Waals surface area contributed by atoms with Crippen molar-refractivity contribution in [2.45, 2.75) is 33.1 Å². The van der Waals surface area contributed by atoms with Crippen LogP contribution in [0.3, 0.4) is 0 Å². The van der Waals surface area contributed by atoms with Crippen molar-refractivity contribution in [2.75, 3.05) is 32.1 Å². The second-order valence-electron chi connectivity index (χ2n) is 8.69. The maximum absolute atomic E-state index is 11.8. The zero-order chi connectivity index (χ0) is 23.7. The first kappa shape index (κ1) is 22.0. The van der Waals surface area contributed by atoms with E-state index in [2.05, 4.69) is 46.2 Å². The minimum absolute atomic E-state index is 0.237. The number of likely N-dealkylation sites (tertiary alicyclic amines) is 1. The number of nitrogens with zero attached hydrogens (tertiary/aromatic N) is 3. The molecule has 0 atom stereocenters. The van der Waals surface area contributed by atoms with Crippen LogP contribution in [-0.4, -0.2) is 52.6 Å². The highest BCUT2D eigenvalue weighted by atomic mass is 16.5. The predicted molar refractivity (Wildman–Crippen MR) is 133 cm³/mol. The predicted octanol–water partition coefficient (Wildman–Crippen LogP) is 4.87. The first-order valence-electron chi connectivity index (χ1n) is 11.6. The Balaban J connectivity index is 1.35. The Morgan fingerprint density at radius 1 is 1.12 bits per heavy atom. The van der Waals surface area contributed by atoms with Crippen LogP contribution in [0.15, 0.2) is 36.7 Å². The number of hydrogen-bond donors (Lipinski definition) is 2. The number of aryl methyl sites for hydroxylation is 2. The van der Waals surface area contributed by atoms with Crippen LogP contribution in [0.5, 0.6) is 11.5 Å². The molecule has 1 saturated heterocycles. The maximum atomic E-state index is 11.8. The van der Waals surface area contributed by atoms with Crippen LogP contribution in [0.25, 0.3) is 21.8 Å². The zero-order valence-electron chi connectivity index (χ0n) is 19.8. The third-order valence-electron chi connectivity index (χ3n) is 6.49. The van der Waals surface area contributed by atoms with E-state index >= 15 is 0 Å². The molecule has 1 fully saturated rings. The third kappa shape index (κ3) is 4.23. The Labute approximate surface area is 198 Å². The molecule has 8 nitrogen and oxygen atoms in total. The smallest absolute Gasteiger partial charge is 0.222 e. The standard InChI is InChI=1S/C26H29N5O3/c1-16-17(2)29-21-8-7-18(12-19(16)21)30-26-20-13-23(33-3)24(14-22(20)27-15-28-26)34-11-5-10-31-9-4-6-25(31)32/h7-8,12-15,29H,4-6,9-11H2,1-3H3,(H,27,28,30). The van der Waals surface area contributed by atoms with Gasteiger partial charge in [0.1, 0.15) is 12.1 Å². The molecule has 0 spiro atoms. The molecule has 0 saturated carbocycles. The van der Waals surface area contributed by atoms with Gasteiger partial charge in [0.15, 0.2) is 11.5 Å². The lowest BCUT2D eigenvalue weighted by atomic mass is 10.1. The quantitative estimate of drug-likeness (QED) is 0.365. The van der Waals surface area contributed by atoms with Gasteiger partial charge in [-0.05, 0) is 56.5 Å². The van der Waals surface area contributed by atoms with Gasteiger partial charge in [-0.15, -0.1) is 0 Å². The average molecular weight is 460 g/mol. The van der Waals surface area contributed by atoms with Crippen molar-refractivity contribution < 1.29 is 14.3 Å². The SMILES string of the molecule is COc1cc2c(Nc3ccc4[nH]c(C)c(C)c4c3)ncnc2cc1OCCCN1CCCC1=O. The zero-order valence-corrected chi connectivity index (χ0v) is 19.8. The second-order valence-corrected chi connectivity index (χ2v) is 8.69. The summed E-state index contributed by atoms with van der Waals surface area (Å²) in [5.41, 5.74) is 5.24. The van der Waals surface area contributed by atoms with E-state index in [-0.39, 0.29) is 5.91 Å². The molecule has 1 amide bonds. The molecule has 3 heterocycles. The molecular weight excluding hydrogens is 430 g/mol. The van der Waals surface area contributed by atoms with E-state index in [0.29, 0.717) is 30.3 Å². The van der Waals surface area contributed by atoms with Crippen molar-refractivity contribution in [3.63, 3.8) is 0 Å². The van der Waals surface area contributed by atoms with Crippen molar-refractivity contribution in [1.82, 2.24) is 19.9 Å². The van der Waals surface area contributed by atoms with Crippen LogP contribution < -0.4 is 14.8 Å². The average Bonchev–Trinajstić information content (AvgIpc) is 3.38. The Morgan fingerprint density at radius 3 is 2.79 bits per heavy atom. The van der Waals surface area contributed by atoms with E-state index in [9.17, 15) is 4.79 Å². The lowest BCUT2D eigenvalue weighted by Gasteiger charge is -2.16. The van der Waals surface area contributed by atoms with Crippen LogP contribution in [0.2, 0.25) is 0 Å². The lowest BCUT2D eigenvalue weighted by molar-refractivity contribution is -0.127. The molecule has 1 aliphatic heterocycles. The van der Waals surface area contributed by atoms with E-state index < -0.39 is 0 Å². The van der Waals surface area contributed by atoms with Gasteiger partial charge in [-0.25, -0.2) is 9.97 Å². The largest absolute Gasteiger partial charge is 0.493 e. The molecule has 34 heavy (non-hydrogen) atoms. The van der Waals surface area contributed by atoms with Gasteiger partial charge in [-0.1, -0.05) is 0 Å². The summed E-state index contributed by atoms with van der Waals surface area (Å²) >= 11 is 0. The van der Waals surface area contributed by atoms with Gasteiger partial charge < -0.3 is 24.7 Å². The molecule has 0 radical (unpaired) electrons. The van der Waals surface area contributed by atoms with Gasteiger partial charge in [0.05, 0.1) is 19.2 Å². The number of aromatic nitrogens is 3. The molecule has 2 N–H and O–H groups in total. The fraction of sp³-hybridized carbons (Fsp3) is 0.346. The highest BCUT2D eigenvalue weighted by Gasteiger charge is 2.19. The maximum Gasteiger partial charge on any atom is 0.222 e. The summed E-state index contributed by atoms with van der Waals surface area (Å²) in [6, 6.07) is 10.0. The van der Waals surface area contributed by atoms with Crippen LogP contribution in [0.4, 0.5) is 11.5 Å². The van der Waals surface area contributed by atoms with Crippen LogP contribution in [0.1, 0.15) is 30.5 Å². The third-order valence-corrected chi connectivity index (χ3v) is 6.49. The van der Waals surface area contributed by atoms with Crippen molar-refractivity contribution in [1.29, 1.82) is 0 Å². The summed E-state index contributed by atoms with van der Waals surface area (Å²) in [6.07, 6.45) is 3.93. The molecular formula is C26H29N5O3. The Morgan fingerprint density at radius 2 is 2.00 bits per heavy atom. The van der Waals surface area contributed by atoms with Gasteiger partial charge in [0, 0.05) is 53.2 Å². The molecule has 4 aromatic rings. The summed E-state index contributed by atoms with van der Waals surface area (Å²) in [4.78, 5) is 26.0. The fourth-order valence-electron chi connectivity index (χ4n) is 4.49. The molecule has 2 aromatic carbocycles. The minimum atomic E-state index is 0.237. The van der Waals surface area contributed by atoms with Crippen LogP contribution in [0, 0.1) is 13.8 Å². The first-order chi connectivity index (χ1) is 16.5. The van der Waals surface area contributed by atoms with Crippen molar-refractivity contribution >= 4 is 39.2 Å². The van der Waals surface area contributed by atoms with Crippen LogP contribution in [-0.2, 0) is 4.79 Å². The molecule has 2 aromatic heterocycles. The van der Waals surface area contributed by atoms with Crippen molar-refractivity contribution in [3.05, 3.63) is 47.9 Å². The van der Waals surface area contributed by atoms with Gasteiger partial charge in [-0.2, -0.15) is 0 Å². The number of aromatic amines is 1. The number of anilines is 2. The lowest BCUT2D eigenvalue weighted by Crippen LogP contribution is -2.26. The Hall–Kier alpha value is -3.81. The normalized spacial score (nSPS) is 13.7. The number of benzene rings is 2. The number of methoxy groups -OCH3 is 1. The molecule has 8 heteroatoms. The van der Waals surface area contributed by atoms with Gasteiger partial charge in [0.2, 0.25) is 5.91 Å². The second kappa shape index (κ2) is 9.21. The summed E-state index contributed by atoms with van der Waals surface area (Å²) in [6.45, 7) is 6.26. The van der Waals surface area contributed by atoms with E-state index in [1.165, 1.54) is 16.6 Å². The first-order valence-corrected chi connectivity index (χ1v) is 11.6. The molecule has 176 valence electrons. The van der Waals surface area contributed by atoms with Crippen molar-refractivity contribution in [2.24, 2.45) is 0 Å². The van der Waals surface area contributed by atoms with E-state index in [4.69, 9.17) is 9.47 Å². The minimum Gasteiger partial charge on any atom is -0.493 e. The van der Waals surface area contributed by atoms with E-state index in [0.717, 1.165) is 48.0 Å². The number of hydrogen-bond acceptors (Lipinski definition) is 6. The molecule has 0 unspecified atom stereocenters. The number of carbonyl (C=O) groups excluding carboxylic acids is 1. The summed E-state index contributed by atoms with van der Waals surface area (Å²) in [5, 5.41) is 5.46. The number of H-pyrrole nitrogens is 1. The molecule has 1 aliphatic rings. The highest BCUT2D eigenvalue weighted by Crippen LogP contribution is 2.35. The Bertz CT molecular complexity index is 1360. The number of rotatable bonds is 8. The highest BCUT2D eigenvalue weighted by molar-refractivity contribution is 5.94. The number of ether oxygens (including phenoxy) is 2. The van der Waals surface area contributed by atoms with Gasteiger partial charge >= 0.3 is 0 Å². The number of amides is 1. The summed E-state index contributed by atoms with van der Waals surface area (Å²) in [7, 11) is 1.62. The van der Waals surface area contributed by atoms with E-state index in [1.54, 1.807) is 13.4 Å². The number of carbonyl (C=O) groups is 1. The van der Waals surface area contributed by atoms with Gasteiger partial charge in [-0.3, -0.25) is 4.79 Å². The number of fused-ring (bicyclic) bond motifs is 2. The topological polar surface area (TPSA) is 92.4 Å². The number of nitrogens with one attached hydrogen (secondary N) is 2. The monoisotopic (exact) mass is 459 g/mol. The molecule has 5 rings (SSSR count). The van der Waals surface area contributed by atoms with E-state index in [1.807, 2.05) is 23.1 Å². The van der Waals surface area contributed by atoms with Crippen molar-refractivity contribution in [3.8, 4) is 11.5 Å². The molecule has 0 aliphatic carbocycles. The fourth-order valence-corrected chi connectivity index (χ4v) is 4.49. The van der Waals surface area contributed by atoms with Crippen LogP contribution >= 0.6 is 0 Å².